The number of carbonyl (C=O) groups excluding carboxylic acids is 1. The normalized spacial score (nSPS) is 12.4. The summed E-state index contributed by atoms with van der Waals surface area (Å²) in [6.45, 7) is 0. The van der Waals surface area contributed by atoms with Gasteiger partial charge < -0.3 is 8.98 Å². The third-order valence-corrected chi connectivity index (χ3v) is 7.27. The molecular formula is C26H19ClF2N4O2S. The summed E-state index contributed by atoms with van der Waals surface area (Å²) in [7, 11) is 0. The highest BCUT2D eigenvalue weighted by atomic mass is 35.5. The zero-order valence-electron chi connectivity index (χ0n) is 18.8. The molecular weight excluding hydrogens is 506 g/mol. The predicted molar refractivity (Wildman–Crippen MR) is 134 cm³/mol. The standard InChI is InChI=1S/C26H18F2N4O2S.ClH/c27-19-4-2-5-20(28)18(19)10-23(33)26-31-21-6-1-3-15-7-8-16(9-17(15)25(21)35-26)32-12-22(30-13-32)24-11-29-14-34-24;/h2,4-5,7-9,11-14H,1,3,6,10H2;1H. The minimum absolute atomic E-state index is 0. The first kappa shape index (κ1) is 24.0. The monoisotopic (exact) mass is 524 g/mol. The molecule has 0 saturated heterocycles. The van der Waals surface area contributed by atoms with Crippen molar-refractivity contribution in [2.75, 3.05) is 0 Å². The molecule has 0 saturated carbocycles. The summed E-state index contributed by atoms with van der Waals surface area (Å²) in [6.07, 6.45) is 8.72. The second-order valence-corrected chi connectivity index (χ2v) is 9.32. The summed E-state index contributed by atoms with van der Waals surface area (Å²) < 4.78 is 35.4. The SMILES string of the molecule is Cl.O=C(Cc1c(F)cccc1F)c1nc2c(s1)-c1cc(-n3cnc(-c4cnco4)c3)ccc1CCC2. The summed E-state index contributed by atoms with van der Waals surface area (Å²) in [5.41, 5.74) is 4.38. The smallest absolute Gasteiger partial charge is 0.195 e. The highest BCUT2D eigenvalue weighted by molar-refractivity contribution is 7.17. The highest BCUT2D eigenvalue weighted by Crippen LogP contribution is 2.38. The zero-order chi connectivity index (χ0) is 23.9. The van der Waals surface area contributed by atoms with E-state index in [4.69, 9.17) is 4.42 Å². The van der Waals surface area contributed by atoms with Crippen LogP contribution < -0.4 is 0 Å². The zero-order valence-corrected chi connectivity index (χ0v) is 20.4. The van der Waals surface area contributed by atoms with Crippen molar-refractivity contribution in [3.8, 4) is 27.6 Å². The fourth-order valence-electron chi connectivity index (χ4n) is 4.32. The van der Waals surface area contributed by atoms with Crippen LogP contribution in [0.2, 0.25) is 0 Å². The number of rotatable bonds is 5. The van der Waals surface area contributed by atoms with Crippen molar-refractivity contribution in [3.05, 3.63) is 95.0 Å². The van der Waals surface area contributed by atoms with Crippen LogP contribution >= 0.6 is 23.7 Å². The summed E-state index contributed by atoms with van der Waals surface area (Å²) in [4.78, 5) is 26.8. The molecule has 5 aromatic rings. The Labute approximate surface area is 215 Å². The molecule has 182 valence electrons. The number of hydrogen-bond acceptors (Lipinski definition) is 6. The minimum Gasteiger partial charge on any atom is -0.442 e. The second-order valence-electron chi connectivity index (χ2n) is 8.32. The van der Waals surface area contributed by atoms with Crippen LogP contribution in [-0.4, -0.2) is 25.3 Å². The molecule has 0 amide bonds. The molecule has 0 atom stereocenters. The lowest BCUT2D eigenvalue weighted by molar-refractivity contribution is 0.0990. The number of imidazole rings is 1. The van der Waals surface area contributed by atoms with Crippen molar-refractivity contribution >= 4 is 29.5 Å². The summed E-state index contributed by atoms with van der Waals surface area (Å²) in [5, 5.41) is 0.270. The molecule has 0 aliphatic heterocycles. The number of fused-ring (bicyclic) bond motifs is 3. The van der Waals surface area contributed by atoms with Gasteiger partial charge in [-0.2, -0.15) is 0 Å². The largest absolute Gasteiger partial charge is 0.442 e. The van der Waals surface area contributed by atoms with Crippen LogP contribution in [0.1, 0.15) is 33.0 Å². The van der Waals surface area contributed by atoms with E-state index >= 15 is 0 Å². The summed E-state index contributed by atoms with van der Waals surface area (Å²) in [5.74, 6) is -1.26. The predicted octanol–water partition coefficient (Wildman–Crippen LogP) is 6.26. The molecule has 0 unspecified atom stereocenters. The number of benzene rings is 2. The molecule has 1 aliphatic carbocycles. The van der Waals surface area contributed by atoms with Gasteiger partial charge in [0.05, 0.1) is 16.8 Å². The maximum absolute atomic E-state index is 14.1. The minimum atomic E-state index is -0.725. The van der Waals surface area contributed by atoms with Gasteiger partial charge in [-0.05, 0) is 54.7 Å². The van der Waals surface area contributed by atoms with E-state index in [1.807, 2.05) is 16.8 Å². The Morgan fingerprint density at radius 3 is 2.75 bits per heavy atom. The van der Waals surface area contributed by atoms with E-state index in [2.05, 4.69) is 27.1 Å². The summed E-state index contributed by atoms with van der Waals surface area (Å²) in [6, 6.07) is 9.78. The van der Waals surface area contributed by atoms with Gasteiger partial charge in [-0.15, -0.1) is 23.7 Å². The second kappa shape index (κ2) is 9.75. The lowest BCUT2D eigenvalue weighted by Gasteiger charge is -2.09. The van der Waals surface area contributed by atoms with Crippen molar-refractivity contribution in [2.45, 2.75) is 25.7 Å². The van der Waals surface area contributed by atoms with Crippen LogP contribution in [0.25, 0.3) is 27.6 Å². The molecule has 0 bridgehead atoms. The van der Waals surface area contributed by atoms with Crippen molar-refractivity contribution in [2.24, 2.45) is 0 Å². The number of thiazole rings is 1. The molecule has 6 nitrogen and oxygen atoms in total. The Bertz CT molecular complexity index is 1540. The van der Waals surface area contributed by atoms with Crippen LogP contribution in [0, 0.1) is 11.6 Å². The number of oxazole rings is 1. The fraction of sp³-hybridized carbons (Fsp3) is 0.154. The maximum atomic E-state index is 14.1. The van der Waals surface area contributed by atoms with Gasteiger partial charge in [0, 0.05) is 23.9 Å². The number of aromatic nitrogens is 4. The van der Waals surface area contributed by atoms with Gasteiger partial charge in [-0.1, -0.05) is 12.1 Å². The van der Waals surface area contributed by atoms with Crippen molar-refractivity contribution in [3.63, 3.8) is 0 Å². The third-order valence-electron chi connectivity index (χ3n) is 6.10. The molecule has 3 aromatic heterocycles. The van der Waals surface area contributed by atoms with E-state index < -0.39 is 17.4 Å². The lowest BCUT2D eigenvalue weighted by Crippen LogP contribution is -2.07. The molecule has 0 fully saturated rings. The number of carbonyl (C=O) groups is 1. The highest BCUT2D eigenvalue weighted by Gasteiger charge is 2.24. The van der Waals surface area contributed by atoms with E-state index in [1.165, 1.54) is 29.4 Å². The molecule has 0 spiro atoms. The number of hydrogen-bond donors (Lipinski definition) is 0. The number of aryl methyl sites for hydroxylation is 2. The molecule has 6 rings (SSSR count). The third kappa shape index (κ3) is 4.36. The number of halogens is 3. The molecule has 3 heterocycles. The van der Waals surface area contributed by atoms with Gasteiger partial charge >= 0.3 is 0 Å². The molecule has 1 aliphatic rings. The molecule has 10 heteroatoms. The Morgan fingerprint density at radius 1 is 1.14 bits per heavy atom. The molecule has 0 N–H and O–H groups in total. The van der Waals surface area contributed by atoms with Gasteiger partial charge in [-0.3, -0.25) is 4.79 Å². The van der Waals surface area contributed by atoms with Crippen LogP contribution in [-0.2, 0) is 19.3 Å². The quantitative estimate of drug-likeness (QED) is 0.253. The van der Waals surface area contributed by atoms with Gasteiger partial charge in [0.25, 0.3) is 0 Å². The Hall–Kier alpha value is -3.69. The van der Waals surface area contributed by atoms with Gasteiger partial charge in [0.15, 0.2) is 22.9 Å². The fourth-order valence-corrected chi connectivity index (χ4v) is 5.42. The Morgan fingerprint density at radius 2 is 1.97 bits per heavy atom. The van der Waals surface area contributed by atoms with Gasteiger partial charge in [-0.25, -0.2) is 23.7 Å². The number of Topliss-reactive ketones (excluding diaryl/α,β-unsaturated/α-hetero) is 1. The van der Waals surface area contributed by atoms with Gasteiger partial charge in [0.1, 0.15) is 23.7 Å². The first-order chi connectivity index (χ1) is 17.1. The van der Waals surface area contributed by atoms with Crippen LogP contribution in [0.3, 0.4) is 0 Å². The van der Waals surface area contributed by atoms with Crippen molar-refractivity contribution in [1.82, 2.24) is 19.5 Å². The van der Waals surface area contributed by atoms with E-state index in [1.54, 1.807) is 12.5 Å². The summed E-state index contributed by atoms with van der Waals surface area (Å²) >= 11 is 1.28. The Balaban J connectivity index is 0.00000267. The first-order valence-corrected chi connectivity index (χ1v) is 11.9. The van der Waals surface area contributed by atoms with Crippen LogP contribution in [0.15, 0.2) is 65.9 Å². The lowest BCUT2D eigenvalue weighted by atomic mass is 10.0. The van der Waals surface area contributed by atoms with Crippen molar-refractivity contribution < 1.29 is 18.0 Å². The van der Waals surface area contributed by atoms with E-state index in [9.17, 15) is 13.6 Å². The number of ketones is 1. The van der Waals surface area contributed by atoms with Crippen LogP contribution in [0.4, 0.5) is 8.78 Å². The van der Waals surface area contributed by atoms with E-state index in [-0.39, 0.29) is 29.4 Å². The van der Waals surface area contributed by atoms with E-state index in [0.29, 0.717) is 11.5 Å². The maximum Gasteiger partial charge on any atom is 0.195 e. The first-order valence-electron chi connectivity index (χ1n) is 11.1. The topological polar surface area (TPSA) is 73.8 Å². The van der Waals surface area contributed by atoms with E-state index in [0.717, 1.165) is 53.2 Å². The average Bonchev–Trinajstić information content (AvgIpc) is 3.61. The van der Waals surface area contributed by atoms with Crippen LogP contribution in [0.5, 0.6) is 0 Å². The molecule has 0 radical (unpaired) electrons. The van der Waals surface area contributed by atoms with Gasteiger partial charge in [0.2, 0.25) is 0 Å². The average molecular weight is 525 g/mol. The molecule has 2 aromatic carbocycles. The van der Waals surface area contributed by atoms with Crippen molar-refractivity contribution in [1.29, 1.82) is 0 Å². The Kier molecular flexibility index (Phi) is 6.51. The molecule has 36 heavy (non-hydrogen) atoms. The number of nitrogens with zero attached hydrogens (tertiary/aromatic N) is 4.